The Bertz CT molecular complexity index is 606. The predicted molar refractivity (Wildman–Crippen MR) is 94.6 cm³/mol. The highest BCUT2D eigenvalue weighted by molar-refractivity contribution is 5.31. The fraction of sp³-hybridized carbons (Fsp3) is 0.773. The first-order valence-electron chi connectivity index (χ1n) is 9.77. The van der Waals surface area contributed by atoms with Crippen molar-refractivity contribution >= 4 is 0 Å². The summed E-state index contributed by atoms with van der Waals surface area (Å²) in [5.41, 5.74) is 4.05. The van der Waals surface area contributed by atoms with Crippen LogP contribution in [0.1, 0.15) is 72.1 Å². The molecule has 0 saturated heterocycles. The third kappa shape index (κ3) is 2.10. The van der Waals surface area contributed by atoms with Crippen molar-refractivity contribution < 1.29 is 0 Å². The van der Waals surface area contributed by atoms with Gasteiger partial charge in [0.2, 0.25) is 0 Å². The Balaban J connectivity index is 1.69. The van der Waals surface area contributed by atoms with E-state index in [1.54, 1.807) is 5.57 Å². The van der Waals surface area contributed by atoms with Gasteiger partial charge >= 0.3 is 0 Å². The van der Waals surface area contributed by atoms with E-state index in [-0.39, 0.29) is 0 Å². The van der Waals surface area contributed by atoms with Gasteiger partial charge in [-0.3, -0.25) is 0 Å². The van der Waals surface area contributed by atoms with E-state index in [1.807, 2.05) is 6.08 Å². The molecular weight excluding hydrogens is 278 g/mol. The SMILES string of the molecule is C[C@@H]1CCC2=CCC3C4CC/C(=C/C#N)C4(C)CCC3[C@@]2(C)C1. The quantitative estimate of drug-likeness (QED) is 0.395. The van der Waals surface area contributed by atoms with E-state index in [0.717, 1.165) is 23.7 Å². The Morgan fingerprint density at radius 2 is 1.91 bits per heavy atom. The van der Waals surface area contributed by atoms with Crippen LogP contribution in [0.25, 0.3) is 0 Å². The zero-order valence-electron chi connectivity index (χ0n) is 15.1. The lowest BCUT2D eigenvalue weighted by atomic mass is 9.47. The second-order valence-corrected chi connectivity index (χ2v) is 9.40. The number of hydrogen-bond acceptors (Lipinski definition) is 1. The smallest absolute Gasteiger partial charge is 0.0911 e. The largest absolute Gasteiger partial charge is 0.193 e. The first kappa shape index (κ1) is 15.5. The molecule has 0 amide bonds. The number of allylic oxidation sites excluding steroid dienone is 4. The minimum absolute atomic E-state index is 0.318. The van der Waals surface area contributed by atoms with Gasteiger partial charge in [-0.05, 0) is 85.9 Å². The molecule has 3 fully saturated rings. The van der Waals surface area contributed by atoms with Gasteiger partial charge in [-0.1, -0.05) is 38.0 Å². The summed E-state index contributed by atoms with van der Waals surface area (Å²) in [7, 11) is 0. The summed E-state index contributed by atoms with van der Waals surface area (Å²) in [6, 6.07) is 2.32. The summed E-state index contributed by atoms with van der Waals surface area (Å²) in [6.45, 7) is 7.52. The van der Waals surface area contributed by atoms with Crippen molar-refractivity contribution in [1.82, 2.24) is 0 Å². The molecule has 0 aromatic carbocycles. The van der Waals surface area contributed by atoms with E-state index in [1.165, 1.54) is 56.9 Å². The zero-order chi connectivity index (χ0) is 16.2. The molecule has 124 valence electrons. The Hall–Kier alpha value is -1.03. The van der Waals surface area contributed by atoms with Gasteiger partial charge in [0.05, 0.1) is 6.07 Å². The van der Waals surface area contributed by atoms with Crippen molar-refractivity contribution in [2.24, 2.45) is 34.5 Å². The van der Waals surface area contributed by atoms with Crippen LogP contribution in [0.5, 0.6) is 0 Å². The standard InChI is InChI=1S/C22H31N/c1-15-4-5-16-6-8-18-19-9-7-17(11-13-23)21(19,2)12-10-20(18)22(16,3)14-15/h6,11,15,18-20H,4-5,7-10,12,14H2,1-3H3/b17-11-/t15-,18?,19?,20?,21?,22+/m1/s1. The number of hydrogen-bond donors (Lipinski definition) is 0. The van der Waals surface area contributed by atoms with Gasteiger partial charge in [0.15, 0.2) is 0 Å². The molecule has 4 aliphatic rings. The highest BCUT2D eigenvalue weighted by atomic mass is 14.6. The summed E-state index contributed by atoms with van der Waals surface area (Å²) in [5, 5.41) is 9.15. The Morgan fingerprint density at radius 3 is 2.70 bits per heavy atom. The molecule has 0 aromatic heterocycles. The van der Waals surface area contributed by atoms with Crippen LogP contribution in [0.2, 0.25) is 0 Å². The third-order valence-electron chi connectivity index (χ3n) is 8.39. The molecule has 23 heavy (non-hydrogen) atoms. The van der Waals surface area contributed by atoms with Crippen molar-refractivity contribution in [3.8, 4) is 6.07 Å². The Morgan fingerprint density at radius 1 is 1.13 bits per heavy atom. The maximum atomic E-state index is 9.15. The summed E-state index contributed by atoms with van der Waals surface area (Å²) >= 11 is 0. The highest BCUT2D eigenvalue weighted by Crippen LogP contribution is 2.66. The molecule has 3 saturated carbocycles. The van der Waals surface area contributed by atoms with Gasteiger partial charge in [0.25, 0.3) is 0 Å². The molecule has 0 aliphatic heterocycles. The van der Waals surface area contributed by atoms with Crippen molar-refractivity contribution in [1.29, 1.82) is 5.26 Å². The number of nitriles is 1. The van der Waals surface area contributed by atoms with Crippen LogP contribution in [0.3, 0.4) is 0 Å². The molecule has 1 nitrogen and oxygen atoms in total. The van der Waals surface area contributed by atoms with Crippen LogP contribution in [0.15, 0.2) is 23.3 Å². The van der Waals surface area contributed by atoms with E-state index in [9.17, 15) is 0 Å². The Labute approximate surface area is 141 Å². The second-order valence-electron chi connectivity index (χ2n) is 9.40. The van der Waals surface area contributed by atoms with Gasteiger partial charge < -0.3 is 0 Å². The van der Waals surface area contributed by atoms with E-state index in [2.05, 4.69) is 32.9 Å². The van der Waals surface area contributed by atoms with Crippen molar-refractivity contribution in [2.75, 3.05) is 0 Å². The normalized spacial score (nSPS) is 50.5. The van der Waals surface area contributed by atoms with Crippen LogP contribution < -0.4 is 0 Å². The molecule has 0 N–H and O–H groups in total. The first-order chi connectivity index (χ1) is 11.0. The lowest BCUT2D eigenvalue weighted by molar-refractivity contribution is -0.0205. The van der Waals surface area contributed by atoms with Crippen molar-refractivity contribution in [3.05, 3.63) is 23.3 Å². The monoisotopic (exact) mass is 309 g/mol. The third-order valence-corrected chi connectivity index (χ3v) is 8.39. The van der Waals surface area contributed by atoms with Gasteiger partial charge in [-0.25, -0.2) is 0 Å². The molecule has 0 heterocycles. The van der Waals surface area contributed by atoms with Gasteiger partial charge in [-0.2, -0.15) is 5.26 Å². The lowest BCUT2D eigenvalue weighted by Crippen LogP contribution is -2.49. The van der Waals surface area contributed by atoms with E-state index in [0.29, 0.717) is 10.8 Å². The maximum absolute atomic E-state index is 9.15. The molecule has 4 aliphatic carbocycles. The molecule has 4 rings (SSSR count). The van der Waals surface area contributed by atoms with Crippen LogP contribution in [0.4, 0.5) is 0 Å². The van der Waals surface area contributed by atoms with Crippen LogP contribution in [0, 0.1) is 45.8 Å². The van der Waals surface area contributed by atoms with Gasteiger partial charge in [-0.15, -0.1) is 0 Å². The molecular formula is C22H31N. The molecule has 0 spiro atoms. The van der Waals surface area contributed by atoms with E-state index < -0.39 is 0 Å². The molecule has 6 atom stereocenters. The topological polar surface area (TPSA) is 23.8 Å². The lowest BCUT2D eigenvalue weighted by Gasteiger charge is -2.57. The maximum Gasteiger partial charge on any atom is 0.0911 e. The highest BCUT2D eigenvalue weighted by Gasteiger charge is 2.57. The summed E-state index contributed by atoms with van der Waals surface area (Å²) in [4.78, 5) is 0. The van der Waals surface area contributed by atoms with Crippen LogP contribution in [-0.2, 0) is 0 Å². The fourth-order valence-corrected chi connectivity index (χ4v) is 7.22. The molecule has 0 bridgehead atoms. The molecule has 0 radical (unpaired) electrons. The van der Waals surface area contributed by atoms with Crippen molar-refractivity contribution in [2.45, 2.75) is 72.1 Å². The van der Waals surface area contributed by atoms with Gasteiger partial charge in [0, 0.05) is 6.08 Å². The predicted octanol–water partition coefficient (Wildman–Crippen LogP) is 6.04. The Kier molecular flexibility index (Phi) is 3.53. The van der Waals surface area contributed by atoms with E-state index in [4.69, 9.17) is 5.26 Å². The molecule has 1 heteroatoms. The molecule has 4 unspecified atom stereocenters. The van der Waals surface area contributed by atoms with Crippen LogP contribution >= 0.6 is 0 Å². The van der Waals surface area contributed by atoms with Gasteiger partial charge in [0.1, 0.15) is 0 Å². The summed E-state index contributed by atoms with van der Waals surface area (Å²) < 4.78 is 0. The molecule has 0 aromatic rings. The fourth-order valence-electron chi connectivity index (χ4n) is 7.22. The number of rotatable bonds is 0. The van der Waals surface area contributed by atoms with Crippen LogP contribution in [-0.4, -0.2) is 0 Å². The van der Waals surface area contributed by atoms with E-state index >= 15 is 0 Å². The number of fused-ring (bicyclic) bond motifs is 5. The average molecular weight is 309 g/mol. The summed E-state index contributed by atoms with van der Waals surface area (Å²) in [6.07, 6.45) is 15.2. The first-order valence-corrected chi connectivity index (χ1v) is 9.77. The minimum Gasteiger partial charge on any atom is -0.193 e. The average Bonchev–Trinajstić information content (AvgIpc) is 2.84. The minimum atomic E-state index is 0.318. The van der Waals surface area contributed by atoms with Crippen molar-refractivity contribution in [3.63, 3.8) is 0 Å². The second kappa shape index (κ2) is 5.23. The zero-order valence-corrected chi connectivity index (χ0v) is 15.1. The number of nitrogens with zero attached hydrogens (tertiary/aromatic N) is 1. The summed E-state index contributed by atoms with van der Waals surface area (Å²) in [5.74, 6) is 3.46.